The molecule has 1 aromatic heterocycles. The van der Waals surface area contributed by atoms with Crippen molar-refractivity contribution in [3.05, 3.63) is 23.8 Å². The summed E-state index contributed by atoms with van der Waals surface area (Å²) in [5.74, 6) is -0.0216. The van der Waals surface area contributed by atoms with E-state index in [4.69, 9.17) is 14.6 Å². The van der Waals surface area contributed by atoms with Crippen molar-refractivity contribution in [2.24, 2.45) is 5.92 Å². The van der Waals surface area contributed by atoms with Gasteiger partial charge in [0.25, 0.3) is 11.9 Å². The first-order valence-electron chi connectivity index (χ1n) is 11.6. The van der Waals surface area contributed by atoms with Crippen molar-refractivity contribution in [3.8, 4) is 0 Å². The molecular formula is C23H34N4O6. The summed E-state index contributed by atoms with van der Waals surface area (Å²) in [4.78, 5) is 45.1. The summed E-state index contributed by atoms with van der Waals surface area (Å²) in [6.07, 6.45) is 6.25. The monoisotopic (exact) mass is 462 g/mol. The molecule has 5 atom stereocenters. The van der Waals surface area contributed by atoms with Gasteiger partial charge in [-0.05, 0) is 46.0 Å². The van der Waals surface area contributed by atoms with Crippen LogP contribution < -0.4 is 5.32 Å². The molecule has 3 N–H and O–H groups in total. The summed E-state index contributed by atoms with van der Waals surface area (Å²) in [5.41, 5.74) is 0.380. The molecule has 0 bridgehead atoms. The number of aromatic nitrogens is 2. The first kappa shape index (κ1) is 25.0. The van der Waals surface area contributed by atoms with Gasteiger partial charge in [-0.1, -0.05) is 0 Å². The van der Waals surface area contributed by atoms with Crippen molar-refractivity contribution in [2.45, 2.75) is 83.1 Å². The van der Waals surface area contributed by atoms with Crippen LogP contribution in [0.4, 0.5) is 0 Å². The molecule has 2 aliphatic carbocycles. The lowest BCUT2D eigenvalue weighted by Gasteiger charge is -2.40. The number of aliphatic hydroxyl groups is 1. The number of ether oxygens (including phenoxy) is 1. The largest absolute Gasteiger partial charge is 0.481 e. The molecule has 2 heterocycles. The van der Waals surface area contributed by atoms with Crippen LogP contribution in [0, 0.1) is 5.92 Å². The number of carboxylic acid groups (broad SMARTS) is 1. The maximum atomic E-state index is 13.0. The standard InChI is InChI=1S/C21H30N4O4.C2H4O2/c1-12-10-25(11-13(2)29-12)21(28)15-5-6-18(26)17(7-15)24-20(27)16-8-22-19(23-9-16)14-3-4-14;1-2(3)4/h8-9,12-15,17-18,26H,3-7,10-11H2,1-2H3,(H,24,27);1H3,(H,3,4)/t12-,13+,15-,17+,18+;/m0./s1. The third-order valence-electron chi connectivity index (χ3n) is 6.09. The number of carbonyl (C=O) groups is 3. The van der Waals surface area contributed by atoms with Gasteiger partial charge in [0.2, 0.25) is 5.91 Å². The average Bonchev–Trinajstić information content (AvgIpc) is 3.59. The molecule has 3 fully saturated rings. The minimum Gasteiger partial charge on any atom is -0.481 e. The molecule has 0 radical (unpaired) electrons. The molecule has 10 nitrogen and oxygen atoms in total. The fourth-order valence-corrected chi connectivity index (χ4v) is 4.41. The second kappa shape index (κ2) is 11.0. The van der Waals surface area contributed by atoms with Crippen LogP contribution in [0.1, 0.15) is 75.0 Å². The van der Waals surface area contributed by atoms with Crippen LogP contribution in [0.25, 0.3) is 0 Å². The predicted octanol–water partition coefficient (Wildman–Crippen LogP) is 1.34. The summed E-state index contributed by atoms with van der Waals surface area (Å²) in [6.45, 7) is 6.20. The highest BCUT2D eigenvalue weighted by Crippen LogP contribution is 2.37. The van der Waals surface area contributed by atoms with Gasteiger partial charge in [0, 0.05) is 44.2 Å². The van der Waals surface area contributed by atoms with Gasteiger partial charge in [-0.3, -0.25) is 14.4 Å². The molecule has 0 unspecified atom stereocenters. The first-order chi connectivity index (χ1) is 15.6. The van der Waals surface area contributed by atoms with Crippen LogP contribution in [0.15, 0.2) is 12.4 Å². The Morgan fingerprint density at radius 1 is 1.06 bits per heavy atom. The summed E-state index contributed by atoms with van der Waals surface area (Å²) < 4.78 is 5.72. The molecule has 33 heavy (non-hydrogen) atoms. The molecule has 2 amide bonds. The van der Waals surface area contributed by atoms with Crippen LogP contribution in [0.5, 0.6) is 0 Å². The van der Waals surface area contributed by atoms with Crippen molar-refractivity contribution in [3.63, 3.8) is 0 Å². The Morgan fingerprint density at radius 3 is 2.18 bits per heavy atom. The number of carbonyl (C=O) groups excluding carboxylic acids is 2. The molecule has 0 aromatic carbocycles. The lowest BCUT2D eigenvalue weighted by atomic mass is 9.82. The van der Waals surface area contributed by atoms with E-state index in [9.17, 15) is 14.7 Å². The Labute approximate surface area is 193 Å². The van der Waals surface area contributed by atoms with E-state index in [1.54, 1.807) is 12.4 Å². The zero-order valence-corrected chi connectivity index (χ0v) is 19.4. The van der Waals surface area contributed by atoms with Crippen LogP contribution >= 0.6 is 0 Å². The summed E-state index contributed by atoms with van der Waals surface area (Å²) >= 11 is 0. The number of morpholine rings is 1. The molecular weight excluding hydrogens is 428 g/mol. The fourth-order valence-electron chi connectivity index (χ4n) is 4.41. The van der Waals surface area contributed by atoms with E-state index < -0.39 is 18.1 Å². The lowest BCUT2D eigenvalue weighted by molar-refractivity contribution is -0.149. The highest BCUT2D eigenvalue weighted by molar-refractivity contribution is 5.93. The van der Waals surface area contributed by atoms with E-state index in [0.29, 0.717) is 43.8 Å². The third kappa shape index (κ3) is 7.20. The number of hydrogen-bond donors (Lipinski definition) is 3. The van der Waals surface area contributed by atoms with Crippen LogP contribution in [0.2, 0.25) is 0 Å². The van der Waals surface area contributed by atoms with Gasteiger partial charge < -0.3 is 25.2 Å². The molecule has 1 aliphatic heterocycles. The third-order valence-corrected chi connectivity index (χ3v) is 6.09. The van der Waals surface area contributed by atoms with Crippen molar-refractivity contribution in [2.75, 3.05) is 13.1 Å². The quantitative estimate of drug-likeness (QED) is 0.609. The number of aliphatic hydroxyl groups excluding tert-OH is 1. The van der Waals surface area contributed by atoms with Crippen LogP contribution in [0.3, 0.4) is 0 Å². The van der Waals surface area contributed by atoms with E-state index in [0.717, 1.165) is 25.6 Å². The smallest absolute Gasteiger partial charge is 0.300 e. The molecule has 1 aromatic rings. The molecule has 1 saturated heterocycles. The van der Waals surface area contributed by atoms with Gasteiger partial charge in [0.1, 0.15) is 5.82 Å². The van der Waals surface area contributed by atoms with Gasteiger partial charge in [-0.15, -0.1) is 0 Å². The number of hydrogen-bond acceptors (Lipinski definition) is 7. The number of rotatable bonds is 4. The van der Waals surface area contributed by atoms with Crippen molar-refractivity contribution >= 4 is 17.8 Å². The summed E-state index contributed by atoms with van der Waals surface area (Å²) in [6, 6.07) is -0.454. The van der Waals surface area contributed by atoms with Gasteiger partial charge in [0.15, 0.2) is 0 Å². The zero-order chi connectivity index (χ0) is 24.1. The van der Waals surface area contributed by atoms with Gasteiger partial charge >= 0.3 is 0 Å². The lowest BCUT2D eigenvalue weighted by Crippen LogP contribution is -2.53. The fraction of sp³-hybridized carbons (Fsp3) is 0.696. The number of nitrogens with zero attached hydrogens (tertiary/aromatic N) is 3. The molecule has 0 spiro atoms. The van der Waals surface area contributed by atoms with Gasteiger partial charge in [-0.25, -0.2) is 9.97 Å². The topological polar surface area (TPSA) is 142 Å². The minimum atomic E-state index is -0.833. The number of nitrogens with one attached hydrogen (secondary N) is 1. The van der Waals surface area contributed by atoms with Crippen molar-refractivity contribution < 1.29 is 29.3 Å². The number of aliphatic carboxylic acids is 1. The normalized spacial score (nSPS) is 29.5. The molecule has 182 valence electrons. The minimum absolute atomic E-state index is 0.0194. The summed E-state index contributed by atoms with van der Waals surface area (Å²) in [5, 5.41) is 20.7. The van der Waals surface area contributed by atoms with Crippen molar-refractivity contribution in [1.29, 1.82) is 0 Å². The maximum Gasteiger partial charge on any atom is 0.300 e. The maximum absolute atomic E-state index is 13.0. The summed E-state index contributed by atoms with van der Waals surface area (Å²) in [7, 11) is 0. The van der Waals surface area contributed by atoms with Crippen LogP contribution in [-0.2, 0) is 14.3 Å². The Hall–Kier alpha value is -2.59. The zero-order valence-electron chi connectivity index (χ0n) is 19.4. The molecule has 2 saturated carbocycles. The Kier molecular flexibility index (Phi) is 8.36. The molecule has 10 heteroatoms. The molecule has 4 rings (SSSR count). The highest BCUT2D eigenvalue weighted by atomic mass is 16.5. The second-order valence-corrected chi connectivity index (χ2v) is 9.28. The van der Waals surface area contributed by atoms with E-state index in [1.165, 1.54) is 0 Å². The van der Waals surface area contributed by atoms with E-state index in [-0.39, 0.29) is 29.9 Å². The number of amides is 2. The van der Waals surface area contributed by atoms with E-state index in [1.807, 2.05) is 18.7 Å². The second-order valence-electron chi connectivity index (χ2n) is 9.28. The highest BCUT2D eigenvalue weighted by Gasteiger charge is 2.37. The van der Waals surface area contributed by atoms with Crippen molar-refractivity contribution in [1.82, 2.24) is 20.2 Å². The van der Waals surface area contributed by atoms with Gasteiger partial charge in [0.05, 0.1) is 29.9 Å². The van der Waals surface area contributed by atoms with Crippen LogP contribution in [-0.4, -0.2) is 80.3 Å². The first-order valence-corrected chi connectivity index (χ1v) is 11.6. The Balaban J connectivity index is 0.000000709. The van der Waals surface area contributed by atoms with E-state index >= 15 is 0 Å². The Bertz CT molecular complexity index is 830. The predicted molar refractivity (Wildman–Crippen MR) is 119 cm³/mol. The molecule has 3 aliphatic rings. The Morgan fingerprint density at radius 2 is 1.64 bits per heavy atom. The number of carboxylic acids is 1. The SMILES string of the molecule is CC(=O)O.C[C@@H]1CN(C(=O)[C@H]2CC[C@@H](O)[C@H](NC(=O)c3cnc(C4CC4)nc3)C2)C[C@H](C)O1. The van der Waals surface area contributed by atoms with E-state index in [2.05, 4.69) is 15.3 Å². The average molecular weight is 463 g/mol. The van der Waals surface area contributed by atoms with Gasteiger partial charge in [-0.2, -0.15) is 0 Å².